The van der Waals surface area contributed by atoms with E-state index >= 15 is 0 Å². The third-order valence-corrected chi connectivity index (χ3v) is 5.85. The van der Waals surface area contributed by atoms with Crippen LogP contribution in [0.4, 0.5) is 0 Å². The second kappa shape index (κ2) is 10.4. The van der Waals surface area contributed by atoms with Crippen molar-refractivity contribution >= 4 is 23.4 Å². The third kappa shape index (κ3) is 5.31. The van der Waals surface area contributed by atoms with Crippen molar-refractivity contribution in [2.45, 2.75) is 25.3 Å². The molecule has 0 aliphatic carbocycles. The van der Waals surface area contributed by atoms with E-state index in [1.807, 2.05) is 18.2 Å². The standard InChI is InChI=1S/C25H25ClN4O3/c1-2-14-29(25(32)18-9-4-3-5-10-18)17-22(31)30-15-7-6-13-21(30)24-27-23(28-33-24)19-11-8-12-20(26)16-19/h2-5,8-12,16,21H,1,6-7,13-15,17H2. The van der Waals surface area contributed by atoms with Gasteiger partial charge in [0.1, 0.15) is 12.6 Å². The summed E-state index contributed by atoms with van der Waals surface area (Å²) in [5.74, 6) is 0.451. The Balaban J connectivity index is 1.52. The normalized spacial score (nSPS) is 15.8. The maximum absolute atomic E-state index is 13.3. The number of aromatic nitrogens is 2. The topological polar surface area (TPSA) is 79.5 Å². The number of nitrogens with zero attached hydrogens (tertiary/aromatic N) is 4. The van der Waals surface area contributed by atoms with Crippen LogP contribution in [0.1, 0.15) is 41.6 Å². The van der Waals surface area contributed by atoms with Gasteiger partial charge < -0.3 is 14.3 Å². The van der Waals surface area contributed by atoms with Crippen LogP contribution >= 0.6 is 11.6 Å². The van der Waals surface area contributed by atoms with Crippen molar-refractivity contribution in [3.05, 3.63) is 83.7 Å². The van der Waals surface area contributed by atoms with E-state index < -0.39 is 0 Å². The first-order valence-electron chi connectivity index (χ1n) is 10.9. The molecule has 2 aromatic carbocycles. The summed E-state index contributed by atoms with van der Waals surface area (Å²) in [5, 5.41) is 4.68. The molecular formula is C25H25ClN4O3. The van der Waals surface area contributed by atoms with Crippen molar-refractivity contribution in [3.63, 3.8) is 0 Å². The molecule has 1 aliphatic heterocycles. The van der Waals surface area contributed by atoms with Crippen molar-refractivity contribution in [3.8, 4) is 11.4 Å². The number of likely N-dealkylation sites (tertiary alicyclic amines) is 1. The monoisotopic (exact) mass is 464 g/mol. The Morgan fingerprint density at radius 1 is 1.18 bits per heavy atom. The molecule has 1 saturated heterocycles. The fourth-order valence-electron chi connectivity index (χ4n) is 3.99. The minimum Gasteiger partial charge on any atom is -0.337 e. The van der Waals surface area contributed by atoms with Crippen molar-refractivity contribution in [2.24, 2.45) is 0 Å². The lowest BCUT2D eigenvalue weighted by Crippen LogP contribution is -2.46. The molecule has 0 saturated carbocycles. The van der Waals surface area contributed by atoms with E-state index in [4.69, 9.17) is 16.1 Å². The summed E-state index contributed by atoms with van der Waals surface area (Å²) in [6.45, 7) is 4.53. The molecule has 0 N–H and O–H groups in total. The molecule has 1 unspecified atom stereocenters. The highest BCUT2D eigenvalue weighted by atomic mass is 35.5. The summed E-state index contributed by atoms with van der Waals surface area (Å²) in [6, 6.07) is 15.8. The largest absolute Gasteiger partial charge is 0.337 e. The van der Waals surface area contributed by atoms with Gasteiger partial charge in [-0.05, 0) is 43.5 Å². The zero-order chi connectivity index (χ0) is 23.2. The number of hydrogen-bond donors (Lipinski definition) is 0. The van der Waals surface area contributed by atoms with Crippen molar-refractivity contribution in [1.82, 2.24) is 19.9 Å². The van der Waals surface area contributed by atoms with Gasteiger partial charge in [0.25, 0.3) is 5.91 Å². The Morgan fingerprint density at radius 3 is 2.76 bits per heavy atom. The SMILES string of the molecule is C=CCN(CC(=O)N1CCCCC1c1nc(-c2cccc(Cl)c2)no1)C(=O)c1ccccc1. The molecule has 1 fully saturated rings. The molecule has 0 radical (unpaired) electrons. The predicted molar refractivity (Wildman–Crippen MR) is 126 cm³/mol. The van der Waals surface area contributed by atoms with Gasteiger partial charge in [-0.1, -0.05) is 53.2 Å². The van der Waals surface area contributed by atoms with Gasteiger partial charge in [-0.3, -0.25) is 9.59 Å². The predicted octanol–water partition coefficient (Wildman–Crippen LogP) is 4.77. The van der Waals surface area contributed by atoms with E-state index in [0.717, 1.165) is 24.8 Å². The van der Waals surface area contributed by atoms with Crippen LogP contribution in [0.5, 0.6) is 0 Å². The summed E-state index contributed by atoms with van der Waals surface area (Å²) in [6.07, 6.45) is 4.17. The minimum atomic E-state index is -0.330. The highest BCUT2D eigenvalue weighted by Crippen LogP contribution is 2.31. The fraction of sp³-hybridized carbons (Fsp3) is 0.280. The summed E-state index contributed by atoms with van der Waals surface area (Å²) < 4.78 is 5.55. The number of benzene rings is 2. The second-order valence-electron chi connectivity index (χ2n) is 7.91. The van der Waals surface area contributed by atoms with Gasteiger partial charge in [-0.25, -0.2) is 0 Å². The molecule has 170 valence electrons. The summed E-state index contributed by atoms with van der Waals surface area (Å²) in [4.78, 5) is 34.1. The molecule has 0 bridgehead atoms. The molecule has 2 amide bonds. The van der Waals surface area contributed by atoms with E-state index in [9.17, 15) is 9.59 Å². The van der Waals surface area contributed by atoms with Gasteiger partial charge in [0, 0.05) is 29.2 Å². The molecule has 1 aliphatic rings. The van der Waals surface area contributed by atoms with Gasteiger partial charge in [-0.15, -0.1) is 6.58 Å². The lowest BCUT2D eigenvalue weighted by atomic mass is 10.0. The van der Waals surface area contributed by atoms with E-state index in [0.29, 0.717) is 28.8 Å². The first-order chi connectivity index (χ1) is 16.1. The van der Waals surface area contributed by atoms with Crippen LogP contribution in [0.25, 0.3) is 11.4 Å². The van der Waals surface area contributed by atoms with E-state index in [2.05, 4.69) is 16.7 Å². The van der Waals surface area contributed by atoms with Crippen LogP contribution in [-0.4, -0.2) is 51.4 Å². The van der Waals surface area contributed by atoms with Gasteiger partial charge in [0.05, 0.1) is 0 Å². The highest BCUT2D eigenvalue weighted by Gasteiger charge is 2.33. The third-order valence-electron chi connectivity index (χ3n) is 5.62. The number of carbonyl (C=O) groups is 2. The first-order valence-corrected chi connectivity index (χ1v) is 11.3. The molecule has 7 nitrogen and oxygen atoms in total. The summed E-state index contributed by atoms with van der Waals surface area (Å²) >= 11 is 6.08. The molecule has 1 aromatic heterocycles. The zero-order valence-electron chi connectivity index (χ0n) is 18.2. The maximum Gasteiger partial charge on any atom is 0.254 e. The molecule has 8 heteroatoms. The summed E-state index contributed by atoms with van der Waals surface area (Å²) in [5.41, 5.74) is 1.28. The van der Waals surface area contributed by atoms with Gasteiger partial charge >= 0.3 is 0 Å². The first kappa shape index (κ1) is 22.7. The number of carbonyl (C=O) groups excluding carboxylic acids is 2. The number of piperidine rings is 1. The number of hydrogen-bond acceptors (Lipinski definition) is 5. The second-order valence-corrected chi connectivity index (χ2v) is 8.34. The van der Waals surface area contributed by atoms with Crippen LogP contribution in [0.3, 0.4) is 0 Å². The lowest BCUT2D eigenvalue weighted by Gasteiger charge is -2.35. The zero-order valence-corrected chi connectivity index (χ0v) is 18.9. The Hall–Kier alpha value is -3.45. The lowest BCUT2D eigenvalue weighted by molar-refractivity contribution is -0.136. The van der Waals surface area contributed by atoms with E-state index in [1.165, 1.54) is 4.90 Å². The van der Waals surface area contributed by atoms with Crippen LogP contribution in [0.2, 0.25) is 5.02 Å². The fourth-order valence-corrected chi connectivity index (χ4v) is 4.18. The molecule has 4 rings (SSSR count). The Bertz CT molecular complexity index is 1130. The van der Waals surface area contributed by atoms with Crippen molar-refractivity contribution < 1.29 is 14.1 Å². The van der Waals surface area contributed by atoms with Crippen molar-refractivity contribution in [1.29, 1.82) is 0 Å². The van der Waals surface area contributed by atoms with E-state index in [-0.39, 0.29) is 30.9 Å². The van der Waals surface area contributed by atoms with Crippen LogP contribution < -0.4 is 0 Å². The van der Waals surface area contributed by atoms with Gasteiger partial charge in [0.15, 0.2) is 0 Å². The quantitative estimate of drug-likeness (QED) is 0.470. The summed E-state index contributed by atoms with van der Waals surface area (Å²) in [7, 11) is 0. The Labute approximate surface area is 197 Å². The molecule has 0 spiro atoms. The number of halogens is 1. The average molecular weight is 465 g/mol. The van der Waals surface area contributed by atoms with Gasteiger partial charge in [-0.2, -0.15) is 4.98 Å². The van der Waals surface area contributed by atoms with E-state index in [1.54, 1.807) is 47.4 Å². The smallest absolute Gasteiger partial charge is 0.254 e. The Kier molecular flexibility index (Phi) is 7.19. The molecule has 1 atom stereocenters. The van der Waals surface area contributed by atoms with Crippen LogP contribution in [-0.2, 0) is 4.79 Å². The molecule has 2 heterocycles. The maximum atomic E-state index is 13.3. The minimum absolute atomic E-state index is 0.0501. The Morgan fingerprint density at radius 2 is 2.00 bits per heavy atom. The number of amides is 2. The van der Waals surface area contributed by atoms with Crippen LogP contribution in [0, 0.1) is 0 Å². The molecule has 3 aromatic rings. The van der Waals surface area contributed by atoms with Crippen molar-refractivity contribution in [2.75, 3.05) is 19.6 Å². The highest BCUT2D eigenvalue weighted by molar-refractivity contribution is 6.30. The number of rotatable bonds is 7. The van der Waals surface area contributed by atoms with Crippen LogP contribution in [0.15, 0.2) is 71.8 Å². The average Bonchev–Trinajstić information content (AvgIpc) is 3.34. The molecule has 33 heavy (non-hydrogen) atoms. The molecular weight excluding hydrogens is 440 g/mol. The van der Waals surface area contributed by atoms with Gasteiger partial charge in [0.2, 0.25) is 17.6 Å².